The molecule has 0 radical (unpaired) electrons. The summed E-state index contributed by atoms with van der Waals surface area (Å²) >= 11 is 0. The van der Waals surface area contributed by atoms with Crippen LogP contribution >= 0.6 is 0 Å². The van der Waals surface area contributed by atoms with Gasteiger partial charge in [-0.1, -0.05) is 12.1 Å². The zero-order chi connectivity index (χ0) is 21.0. The Morgan fingerprint density at radius 2 is 1.79 bits per heavy atom. The van der Waals surface area contributed by atoms with Gasteiger partial charge in [0.1, 0.15) is 5.82 Å². The van der Waals surface area contributed by atoms with Crippen molar-refractivity contribution in [2.24, 2.45) is 0 Å². The molecule has 0 unspecified atom stereocenters. The first-order chi connectivity index (χ1) is 13.8. The third kappa shape index (κ3) is 4.89. The van der Waals surface area contributed by atoms with Crippen LogP contribution in [0.1, 0.15) is 11.1 Å². The van der Waals surface area contributed by atoms with E-state index in [2.05, 4.69) is 4.98 Å². The number of nitro groups is 1. The molecule has 2 heterocycles. The van der Waals surface area contributed by atoms with Crippen molar-refractivity contribution >= 4 is 23.5 Å². The number of hydrogen-bond donors (Lipinski definition) is 0. The van der Waals surface area contributed by atoms with Crippen LogP contribution < -0.4 is 4.90 Å². The first-order valence-corrected chi connectivity index (χ1v) is 8.74. The van der Waals surface area contributed by atoms with Gasteiger partial charge in [-0.2, -0.15) is 13.2 Å². The van der Waals surface area contributed by atoms with Crippen molar-refractivity contribution < 1.29 is 22.9 Å². The molecule has 10 heteroatoms. The summed E-state index contributed by atoms with van der Waals surface area (Å²) in [6, 6.07) is 8.40. The summed E-state index contributed by atoms with van der Waals surface area (Å²) in [6.45, 7) is 1.57. The number of rotatable bonds is 4. The highest BCUT2D eigenvalue weighted by Crippen LogP contribution is 2.29. The van der Waals surface area contributed by atoms with E-state index in [1.807, 2.05) is 0 Å². The third-order valence-electron chi connectivity index (χ3n) is 4.53. The molecular formula is C19H17F3N4O3. The molecule has 1 aliphatic rings. The number of para-hydroxylation sites is 1. The molecule has 152 valence electrons. The second-order valence-electron chi connectivity index (χ2n) is 6.36. The molecule has 0 bridgehead atoms. The standard InChI is InChI=1S/C19H17F3N4O3/c20-19(21,22)15-6-7-17(23-13-15)24-9-11-25(12-10-24)18(27)8-5-14-3-1-2-4-16(14)26(28)29/h1-8,13H,9-12H2. The summed E-state index contributed by atoms with van der Waals surface area (Å²) in [5, 5.41) is 11.0. The second kappa shape index (κ2) is 8.29. The van der Waals surface area contributed by atoms with Crippen molar-refractivity contribution in [3.63, 3.8) is 0 Å². The zero-order valence-electron chi connectivity index (χ0n) is 15.2. The van der Waals surface area contributed by atoms with Crippen molar-refractivity contribution in [1.82, 2.24) is 9.88 Å². The maximum atomic E-state index is 12.6. The van der Waals surface area contributed by atoms with Crippen LogP contribution in [-0.2, 0) is 11.0 Å². The Hall–Kier alpha value is -3.43. The van der Waals surface area contributed by atoms with Crippen molar-refractivity contribution in [3.8, 4) is 0 Å². The lowest BCUT2D eigenvalue weighted by molar-refractivity contribution is -0.385. The fourth-order valence-corrected chi connectivity index (χ4v) is 2.96. The fraction of sp³-hybridized carbons (Fsp3) is 0.263. The molecule has 29 heavy (non-hydrogen) atoms. The summed E-state index contributed by atoms with van der Waals surface area (Å²) in [5.41, 5.74) is -0.566. The number of aromatic nitrogens is 1. The number of alkyl halides is 3. The maximum Gasteiger partial charge on any atom is 0.417 e. The predicted octanol–water partition coefficient (Wildman–Crippen LogP) is 3.37. The van der Waals surface area contributed by atoms with Gasteiger partial charge in [0.25, 0.3) is 5.69 Å². The van der Waals surface area contributed by atoms with Gasteiger partial charge in [0.15, 0.2) is 0 Å². The van der Waals surface area contributed by atoms with Gasteiger partial charge in [0.2, 0.25) is 5.91 Å². The Morgan fingerprint density at radius 1 is 1.10 bits per heavy atom. The number of halogens is 3. The number of piperazine rings is 1. The summed E-state index contributed by atoms with van der Waals surface area (Å²) in [6.07, 6.45) is -0.947. The minimum Gasteiger partial charge on any atom is -0.353 e. The molecule has 0 saturated carbocycles. The lowest BCUT2D eigenvalue weighted by atomic mass is 10.1. The van der Waals surface area contributed by atoms with Crippen LogP contribution in [0.15, 0.2) is 48.7 Å². The van der Waals surface area contributed by atoms with Crippen LogP contribution in [0.25, 0.3) is 6.08 Å². The van der Waals surface area contributed by atoms with Gasteiger partial charge in [-0.25, -0.2) is 4.98 Å². The zero-order valence-corrected chi connectivity index (χ0v) is 15.2. The van der Waals surface area contributed by atoms with Crippen molar-refractivity contribution in [2.45, 2.75) is 6.18 Å². The lowest BCUT2D eigenvalue weighted by Crippen LogP contribution is -2.48. The molecule has 1 amide bonds. The number of anilines is 1. The van der Waals surface area contributed by atoms with Crippen LogP contribution in [-0.4, -0.2) is 46.9 Å². The van der Waals surface area contributed by atoms with Crippen molar-refractivity contribution in [2.75, 3.05) is 31.1 Å². The van der Waals surface area contributed by atoms with Crippen LogP contribution in [0.5, 0.6) is 0 Å². The Bertz CT molecular complexity index is 921. The summed E-state index contributed by atoms with van der Waals surface area (Å²) < 4.78 is 37.9. The maximum absolute atomic E-state index is 12.6. The molecule has 1 aromatic heterocycles. The summed E-state index contributed by atoms with van der Waals surface area (Å²) in [5.74, 6) is 0.128. The van der Waals surface area contributed by atoms with Crippen LogP contribution in [0, 0.1) is 10.1 Å². The molecule has 0 spiro atoms. The number of hydrogen-bond acceptors (Lipinski definition) is 5. The Labute approximate surface area is 164 Å². The third-order valence-corrected chi connectivity index (χ3v) is 4.53. The minimum absolute atomic E-state index is 0.0882. The SMILES string of the molecule is O=C(C=Cc1ccccc1[N+](=O)[O-])N1CCN(c2ccc(C(F)(F)F)cn2)CC1. The highest BCUT2D eigenvalue weighted by molar-refractivity contribution is 5.92. The molecule has 1 saturated heterocycles. The second-order valence-corrected chi connectivity index (χ2v) is 6.36. The van der Waals surface area contributed by atoms with E-state index < -0.39 is 16.7 Å². The van der Waals surface area contributed by atoms with Gasteiger partial charge in [0.05, 0.1) is 16.1 Å². The number of carbonyl (C=O) groups excluding carboxylic acids is 1. The van der Waals surface area contributed by atoms with Gasteiger partial charge < -0.3 is 9.80 Å². The highest BCUT2D eigenvalue weighted by atomic mass is 19.4. The summed E-state index contributed by atoms with van der Waals surface area (Å²) in [4.78, 5) is 30.1. The average molecular weight is 406 g/mol. The fourth-order valence-electron chi connectivity index (χ4n) is 2.96. The average Bonchev–Trinajstić information content (AvgIpc) is 2.71. The molecule has 1 fully saturated rings. The smallest absolute Gasteiger partial charge is 0.353 e. The van der Waals surface area contributed by atoms with Crippen molar-refractivity contribution in [3.05, 3.63) is 69.9 Å². The van der Waals surface area contributed by atoms with E-state index in [9.17, 15) is 28.1 Å². The van der Waals surface area contributed by atoms with Crippen LogP contribution in [0.3, 0.4) is 0 Å². The Kier molecular flexibility index (Phi) is 5.81. The number of nitro benzene ring substituents is 1. The monoisotopic (exact) mass is 406 g/mol. The molecule has 1 aliphatic heterocycles. The van der Waals surface area contributed by atoms with E-state index in [4.69, 9.17) is 0 Å². The predicted molar refractivity (Wildman–Crippen MR) is 100 cm³/mol. The van der Waals surface area contributed by atoms with Gasteiger partial charge in [-0.3, -0.25) is 14.9 Å². The van der Waals surface area contributed by atoms with E-state index in [0.29, 0.717) is 37.6 Å². The normalized spacial score (nSPS) is 15.0. The molecule has 3 rings (SSSR count). The molecule has 7 nitrogen and oxygen atoms in total. The van der Waals surface area contributed by atoms with Gasteiger partial charge >= 0.3 is 6.18 Å². The van der Waals surface area contributed by atoms with Gasteiger partial charge in [-0.05, 0) is 24.3 Å². The van der Waals surface area contributed by atoms with Crippen LogP contribution in [0.4, 0.5) is 24.7 Å². The largest absolute Gasteiger partial charge is 0.417 e. The van der Waals surface area contributed by atoms with E-state index in [1.54, 1.807) is 28.0 Å². The van der Waals surface area contributed by atoms with E-state index in [-0.39, 0.29) is 11.6 Å². The van der Waals surface area contributed by atoms with E-state index in [0.717, 1.165) is 12.3 Å². The number of benzene rings is 1. The van der Waals surface area contributed by atoms with E-state index in [1.165, 1.54) is 24.3 Å². The molecule has 2 aromatic rings. The number of pyridine rings is 1. The lowest BCUT2D eigenvalue weighted by Gasteiger charge is -2.35. The summed E-state index contributed by atoms with van der Waals surface area (Å²) in [7, 11) is 0. The van der Waals surface area contributed by atoms with E-state index >= 15 is 0 Å². The first-order valence-electron chi connectivity index (χ1n) is 8.74. The highest BCUT2D eigenvalue weighted by Gasteiger charge is 2.31. The minimum atomic E-state index is -4.43. The topological polar surface area (TPSA) is 79.6 Å². The Morgan fingerprint density at radius 3 is 2.38 bits per heavy atom. The molecule has 1 aromatic carbocycles. The number of carbonyl (C=O) groups is 1. The quantitative estimate of drug-likeness (QED) is 0.442. The van der Waals surface area contributed by atoms with Crippen LogP contribution in [0.2, 0.25) is 0 Å². The first kappa shape index (κ1) is 20.3. The molecular weight excluding hydrogens is 389 g/mol. The number of amides is 1. The molecule has 0 atom stereocenters. The van der Waals surface area contributed by atoms with Gasteiger partial charge in [0, 0.05) is 44.5 Å². The number of nitrogens with zero attached hydrogens (tertiary/aromatic N) is 4. The molecule has 0 aliphatic carbocycles. The van der Waals surface area contributed by atoms with Crippen molar-refractivity contribution in [1.29, 1.82) is 0 Å². The van der Waals surface area contributed by atoms with Gasteiger partial charge in [-0.15, -0.1) is 0 Å². The Balaban J connectivity index is 1.59. The molecule has 0 N–H and O–H groups in total.